The third-order valence-corrected chi connectivity index (χ3v) is 4.80. The molecule has 17 heavy (non-hydrogen) atoms. The van der Waals surface area contributed by atoms with Crippen molar-refractivity contribution < 1.29 is 4.79 Å². The summed E-state index contributed by atoms with van der Waals surface area (Å²) in [5, 5.41) is 6.11. The quantitative estimate of drug-likeness (QED) is 0.661. The molecule has 0 radical (unpaired) electrons. The highest BCUT2D eigenvalue weighted by molar-refractivity contribution is 8.32. The minimum Gasteiger partial charge on any atom is -0.315 e. The third-order valence-electron chi connectivity index (χ3n) is 1.60. The summed E-state index contributed by atoms with van der Waals surface area (Å²) in [5.41, 5.74) is 0.662. The Morgan fingerprint density at radius 2 is 2.12 bits per heavy atom. The van der Waals surface area contributed by atoms with Crippen molar-refractivity contribution in [3.8, 4) is 11.2 Å². The van der Waals surface area contributed by atoms with E-state index in [0.717, 1.165) is 0 Å². The van der Waals surface area contributed by atoms with Crippen molar-refractivity contribution in [2.75, 3.05) is 5.32 Å². The van der Waals surface area contributed by atoms with Gasteiger partial charge in [-0.05, 0) is 23.5 Å². The lowest BCUT2D eigenvalue weighted by Crippen LogP contribution is -2.13. The van der Waals surface area contributed by atoms with E-state index in [1.54, 1.807) is 35.5 Å². The van der Waals surface area contributed by atoms with Gasteiger partial charge in [0, 0.05) is 16.6 Å². The molecule has 0 atom stereocenters. The lowest BCUT2D eigenvalue weighted by molar-refractivity contribution is -0.111. The van der Waals surface area contributed by atoms with Crippen molar-refractivity contribution in [2.45, 2.75) is 19.6 Å². The second kappa shape index (κ2) is 6.15. The van der Waals surface area contributed by atoms with E-state index in [1.807, 2.05) is 0 Å². The third kappa shape index (κ3) is 6.42. The summed E-state index contributed by atoms with van der Waals surface area (Å²) in [5.74, 6) is 2.25. The van der Waals surface area contributed by atoms with E-state index in [4.69, 9.17) is 11.6 Å². The molecule has 1 N–H and O–H groups in total. The van der Waals surface area contributed by atoms with Crippen molar-refractivity contribution in [2.24, 2.45) is 0 Å². The van der Waals surface area contributed by atoms with Gasteiger partial charge in [-0.1, -0.05) is 37.3 Å². The number of hydrogen-bond donors (Lipinski definition) is 1. The molecule has 0 saturated heterocycles. The Labute approximate surface area is 112 Å². The van der Waals surface area contributed by atoms with Crippen molar-refractivity contribution >= 4 is 41.6 Å². The van der Waals surface area contributed by atoms with E-state index in [9.17, 15) is 4.79 Å². The zero-order chi connectivity index (χ0) is 12.9. The Hall–Kier alpha value is -0.893. The predicted octanol–water partition coefficient (Wildman–Crippen LogP) is 3.81. The van der Waals surface area contributed by atoms with Crippen molar-refractivity contribution in [3.05, 3.63) is 29.3 Å². The highest BCUT2D eigenvalue weighted by atomic mass is 35.5. The van der Waals surface area contributed by atoms with E-state index in [1.165, 1.54) is 0 Å². The van der Waals surface area contributed by atoms with Gasteiger partial charge in [-0.3, -0.25) is 4.79 Å². The van der Waals surface area contributed by atoms with Gasteiger partial charge in [0.15, 0.2) is 0 Å². The van der Waals surface area contributed by atoms with Crippen molar-refractivity contribution in [1.82, 2.24) is 0 Å². The lowest BCUT2D eigenvalue weighted by Gasteiger charge is -2.08. The van der Waals surface area contributed by atoms with Crippen LogP contribution in [0, 0.1) is 11.2 Å². The van der Waals surface area contributed by atoms with Crippen LogP contribution in [-0.2, 0) is 4.79 Å². The average molecular weight is 284 g/mol. The van der Waals surface area contributed by atoms with Crippen LogP contribution in [-0.4, -0.2) is 13.1 Å². The van der Waals surface area contributed by atoms with Gasteiger partial charge in [-0.2, -0.15) is 0 Å². The average Bonchev–Trinajstić information content (AvgIpc) is 2.15. The molecule has 0 fully saturated rings. The van der Waals surface area contributed by atoms with Gasteiger partial charge in [0.1, 0.15) is 7.22 Å². The fourth-order valence-corrected chi connectivity index (χ4v) is 2.67. The molecule has 0 aliphatic carbocycles. The van der Waals surface area contributed by atoms with Crippen LogP contribution in [0.5, 0.6) is 0 Å². The molecule has 0 aromatic heterocycles. The van der Waals surface area contributed by atoms with Crippen LogP contribution in [0.4, 0.5) is 5.69 Å². The number of benzene rings is 1. The summed E-state index contributed by atoms with van der Waals surface area (Å²) in [4.78, 5) is 11.5. The molecular weight excluding hydrogens is 270 g/mol. The van der Waals surface area contributed by atoms with Crippen molar-refractivity contribution in [3.63, 3.8) is 0 Å². The maximum atomic E-state index is 11.5. The van der Waals surface area contributed by atoms with Crippen LogP contribution in [0.1, 0.15) is 0 Å². The molecule has 0 spiro atoms. The molecule has 1 aromatic carbocycles. The molecule has 1 aromatic rings. The fraction of sp³-hybridized carbons (Fsp3) is 0.250. The molecular formula is C12H14ClNOSSi. The number of rotatable bonds is 2. The molecule has 0 bridgehead atoms. The van der Waals surface area contributed by atoms with E-state index >= 15 is 0 Å². The molecule has 1 amide bonds. The first-order chi connectivity index (χ1) is 7.87. The topological polar surface area (TPSA) is 29.1 Å². The molecule has 0 unspecified atom stereocenters. The summed E-state index contributed by atoms with van der Waals surface area (Å²) >= 11 is 7.37. The SMILES string of the molecule is C[Si](C)(C)SC#CC(=O)Nc1cccc(Cl)c1. The Morgan fingerprint density at radius 1 is 1.41 bits per heavy atom. The van der Waals surface area contributed by atoms with Crippen LogP contribution in [0.25, 0.3) is 0 Å². The maximum Gasteiger partial charge on any atom is 0.301 e. The van der Waals surface area contributed by atoms with E-state index in [2.05, 4.69) is 36.1 Å². The summed E-state index contributed by atoms with van der Waals surface area (Å²) in [6.07, 6.45) is 0. The van der Waals surface area contributed by atoms with Gasteiger partial charge in [-0.15, -0.1) is 11.2 Å². The predicted molar refractivity (Wildman–Crippen MR) is 78.8 cm³/mol. The Morgan fingerprint density at radius 3 is 2.71 bits per heavy atom. The number of carbonyl (C=O) groups is 1. The summed E-state index contributed by atoms with van der Waals surface area (Å²) in [6, 6.07) is 7.00. The van der Waals surface area contributed by atoms with Gasteiger partial charge < -0.3 is 5.32 Å². The van der Waals surface area contributed by atoms with E-state index in [-0.39, 0.29) is 5.91 Å². The zero-order valence-corrected chi connectivity index (χ0v) is 12.6. The largest absolute Gasteiger partial charge is 0.315 e. The summed E-state index contributed by atoms with van der Waals surface area (Å²) in [6.45, 7) is 6.55. The molecule has 0 heterocycles. The lowest BCUT2D eigenvalue weighted by atomic mass is 10.3. The summed E-state index contributed by atoms with van der Waals surface area (Å²) < 4.78 is 0. The van der Waals surface area contributed by atoms with Crippen LogP contribution in [0.3, 0.4) is 0 Å². The monoisotopic (exact) mass is 283 g/mol. The molecule has 90 valence electrons. The van der Waals surface area contributed by atoms with Gasteiger partial charge in [0.2, 0.25) is 0 Å². The Balaban J connectivity index is 2.56. The van der Waals surface area contributed by atoms with Crippen LogP contribution in [0.15, 0.2) is 24.3 Å². The Bertz CT molecular complexity index is 473. The van der Waals surface area contributed by atoms with E-state index < -0.39 is 7.22 Å². The highest BCUT2D eigenvalue weighted by Crippen LogP contribution is 2.17. The van der Waals surface area contributed by atoms with Crippen LogP contribution < -0.4 is 5.32 Å². The van der Waals surface area contributed by atoms with Crippen LogP contribution in [0.2, 0.25) is 24.7 Å². The number of anilines is 1. The standard InChI is InChI=1S/C12H14ClNOSSi/c1-17(2,3)16-8-7-12(15)14-11-6-4-5-10(13)9-11/h4-6,9H,1-3H3,(H,14,15). The first-order valence-corrected chi connectivity index (χ1v) is 10.5. The number of amides is 1. The van der Waals surface area contributed by atoms with Crippen molar-refractivity contribution in [1.29, 1.82) is 0 Å². The molecule has 0 aliphatic heterocycles. The zero-order valence-electron chi connectivity index (χ0n) is 10.0. The second-order valence-corrected chi connectivity index (χ2v) is 13.8. The minimum atomic E-state index is -1.28. The molecule has 0 saturated carbocycles. The molecule has 0 aliphatic rings. The number of halogens is 1. The smallest absolute Gasteiger partial charge is 0.301 e. The van der Waals surface area contributed by atoms with Crippen LogP contribution >= 0.6 is 22.8 Å². The first kappa shape index (κ1) is 14.2. The minimum absolute atomic E-state index is 0.307. The molecule has 2 nitrogen and oxygen atoms in total. The fourth-order valence-electron chi connectivity index (χ4n) is 0.954. The molecule has 5 heteroatoms. The highest BCUT2D eigenvalue weighted by Gasteiger charge is 2.11. The first-order valence-electron chi connectivity index (χ1n) is 5.12. The number of carbonyl (C=O) groups excluding carboxylic acids is 1. The summed E-state index contributed by atoms with van der Waals surface area (Å²) in [7, 11) is -1.28. The van der Waals surface area contributed by atoms with Gasteiger partial charge in [0.25, 0.3) is 0 Å². The molecule has 1 rings (SSSR count). The normalized spacial score (nSPS) is 10.4. The number of nitrogens with one attached hydrogen (secondary N) is 1. The number of hydrogen-bond acceptors (Lipinski definition) is 2. The van der Waals surface area contributed by atoms with Gasteiger partial charge in [0.05, 0.1) is 0 Å². The second-order valence-electron chi connectivity index (χ2n) is 4.41. The van der Waals surface area contributed by atoms with Gasteiger partial charge >= 0.3 is 5.91 Å². The Kier molecular flexibility index (Phi) is 5.13. The maximum absolute atomic E-state index is 11.5. The van der Waals surface area contributed by atoms with Gasteiger partial charge in [-0.25, -0.2) is 0 Å². The van der Waals surface area contributed by atoms with E-state index in [0.29, 0.717) is 10.7 Å².